The molecule has 0 aromatic heterocycles. The van der Waals surface area contributed by atoms with E-state index in [2.05, 4.69) is 10.2 Å². The predicted molar refractivity (Wildman–Crippen MR) is 58.3 cm³/mol. The average molecular weight is 194 g/mol. The minimum atomic E-state index is 0.674. The molecule has 1 atom stereocenters. The number of nitrogens with one attached hydrogen (secondary N) is 1. The van der Waals surface area contributed by atoms with E-state index in [0.29, 0.717) is 5.41 Å². The standard InChI is InChI=1S/C12H22N2/c1-4-12(9-13-6-1)5-7-14(10-12)8-11-2-3-11/h11,13H,1-10H2. The Kier molecular flexibility index (Phi) is 2.29. The van der Waals surface area contributed by atoms with Crippen LogP contribution in [0.4, 0.5) is 0 Å². The van der Waals surface area contributed by atoms with E-state index >= 15 is 0 Å². The zero-order chi connectivity index (χ0) is 9.43. The zero-order valence-electron chi connectivity index (χ0n) is 9.10. The van der Waals surface area contributed by atoms with Crippen molar-refractivity contribution in [3.63, 3.8) is 0 Å². The number of nitrogens with zero attached hydrogens (tertiary/aromatic N) is 1. The summed E-state index contributed by atoms with van der Waals surface area (Å²) in [5.41, 5.74) is 0.674. The minimum absolute atomic E-state index is 0.674. The van der Waals surface area contributed by atoms with Crippen LogP contribution >= 0.6 is 0 Å². The van der Waals surface area contributed by atoms with Crippen molar-refractivity contribution in [3.05, 3.63) is 0 Å². The van der Waals surface area contributed by atoms with E-state index in [1.807, 2.05) is 0 Å². The molecule has 1 N–H and O–H groups in total. The topological polar surface area (TPSA) is 15.3 Å². The molecule has 3 fully saturated rings. The van der Waals surface area contributed by atoms with Crippen molar-refractivity contribution in [2.75, 3.05) is 32.7 Å². The van der Waals surface area contributed by atoms with Crippen molar-refractivity contribution in [3.8, 4) is 0 Å². The first-order valence-corrected chi connectivity index (χ1v) is 6.29. The van der Waals surface area contributed by atoms with Gasteiger partial charge in [-0.2, -0.15) is 0 Å². The van der Waals surface area contributed by atoms with Gasteiger partial charge in [-0.25, -0.2) is 0 Å². The van der Waals surface area contributed by atoms with Gasteiger partial charge in [0.1, 0.15) is 0 Å². The summed E-state index contributed by atoms with van der Waals surface area (Å²) in [5, 5.41) is 3.58. The molecule has 2 nitrogen and oxygen atoms in total. The lowest BCUT2D eigenvalue weighted by molar-refractivity contribution is 0.199. The maximum absolute atomic E-state index is 3.58. The largest absolute Gasteiger partial charge is 0.316 e. The fraction of sp³-hybridized carbons (Fsp3) is 1.00. The molecule has 1 aliphatic carbocycles. The summed E-state index contributed by atoms with van der Waals surface area (Å²) in [5.74, 6) is 1.07. The number of piperidine rings is 1. The number of hydrogen-bond acceptors (Lipinski definition) is 2. The molecular weight excluding hydrogens is 172 g/mol. The van der Waals surface area contributed by atoms with Crippen molar-refractivity contribution >= 4 is 0 Å². The Balaban J connectivity index is 1.56. The average Bonchev–Trinajstić information content (AvgIpc) is 2.93. The highest BCUT2D eigenvalue weighted by Gasteiger charge is 2.40. The maximum atomic E-state index is 3.58. The van der Waals surface area contributed by atoms with Crippen LogP contribution in [0.5, 0.6) is 0 Å². The molecule has 1 saturated carbocycles. The van der Waals surface area contributed by atoms with Crippen LogP contribution in [-0.4, -0.2) is 37.6 Å². The monoisotopic (exact) mass is 194 g/mol. The Morgan fingerprint density at radius 3 is 2.93 bits per heavy atom. The van der Waals surface area contributed by atoms with Gasteiger partial charge < -0.3 is 10.2 Å². The summed E-state index contributed by atoms with van der Waals surface area (Å²) in [7, 11) is 0. The highest BCUT2D eigenvalue weighted by molar-refractivity contribution is 4.95. The number of hydrogen-bond donors (Lipinski definition) is 1. The Morgan fingerprint density at radius 1 is 1.29 bits per heavy atom. The van der Waals surface area contributed by atoms with Gasteiger partial charge in [0.05, 0.1) is 0 Å². The van der Waals surface area contributed by atoms with Gasteiger partial charge in [0, 0.05) is 19.6 Å². The van der Waals surface area contributed by atoms with Crippen LogP contribution in [-0.2, 0) is 0 Å². The lowest BCUT2D eigenvalue weighted by Gasteiger charge is -2.34. The molecule has 2 heteroatoms. The lowest BCUT2D eigenvalue weighted by atomic mass is 9.80. The van der Waals surface area contributed by atoms with Gasteiger partial charge in [-0.3, -0.25) is 0 Å². The molecule has 1 unspecified atom stereocenters. The van der Waals surface area contributed by atoms with Crippen molar-refractivity contribution in [2.45, 2.75) is 32.1 Å². The number of likely N-dealkylation sites (tertiary alicyclic amines) is 1. The third kappa shape index (κ3) is 1.82. The molecular formula is C12H22N2. The molecule has 14 heavy (non-hydrogen) atoms. The van der Waals surface area contributed by atoms with Crippen molar-refractivity contribution < 1.29 is 0 Å². The van der Waals surface area contributed by atoms with Crippen LogP contribution in [0.25, 0.3) is 0 Å². The van der Waals surface area contributed by atoms with Crippen LogP contribution in [0.15, 0.2) is 0 Å². The first-order valence-electron chi connectivity index (χ1n) is 6.29. The quantitative estimate of drug-likeness (QED) is 0.716. The van der Waals surface area contributed by atoms with E-state index in [0.717, 1.165) is 5.92 Å². The Hall–Kier alpha value is -0.0800. The van der Waals surface area contributed by atoms with E-state index in [4.69, 9.17) is 0 Å². The molecule has 80 valence electrons. The first-order chi connectivity index (χ1) is 6.86. The normalized spacial score (nSPS) is 39.4. The van der Waals surface area contributed by atoms with Crippen LogP contribution < -0.4 is 5.32 Å². The van der Waals surface area contributed by atoms with Gasteiger partial charge in [-0.15, -0.1) is 0 Å². The first kappa shape index (κ1) is 9.17. The number of rotatable bonds is 2. The Labute approximate surface area is 87.0 Å². The Bertz CT molecular complexity index is 204. The van der Waals surface area contributed by atoms with Crippen molar-refractivity contribution in [1.82, 2.24) is 10.2 Å². The van der Waals surface area contributed by atoms with Gasteiger partial charge in [-0.05, 0) is 56.5 Å². The van der Waals surface area contributed by atoms with E-state index in [1.165, 1.54) is 64.8 Å². The molecule has 2 aliphatic heterocycles. The fourth-order valence-electron chi connectivity index (χ4n) is 3.23. The SMILES string of the molecule is C1CNCC2(C1)CCN(CC1CC1)C2. The van der Waals surface area contributed by atoms with Crippen LogP contribution in [0.2, 0.25) is 0 Å². The lowest BCUT2D eigenvalue weighted by Crippen LogP contribution is -2.42. The molecule has 2 heterocycles. The molecule has 0 aromatic carbocycles. The summed E-state index contributed by atoms with van der Waals surface area (Å²) in [6.07, 6.45) is 7.33. The van der Waals surface area contributed by atoms with E-state index in [1.54, 1.807) is 0 Å². The predicted octanol–water partition coefficient (Wildman–Crippen LogP) is 1.47. The summed E-state index contributed by atoms with van der Waals surface area (Å²) in [6, 6.07) is 0. The fourth-order valence-corrected chi connectivity index (χ4v) is 3.23. The second kappa shape index (κ2) is 3.49. The molecule has 3 aliphatic rings. The maximum Gasteiger partial charge on any atom is 0.00507 e. The molecule has 0 amide bonds. The van der Waals surface area contributed by atoms with Gasteiger partial charge in [-0.1, -0.05) is 0 Å². The second-order valence-corrected chi connectivity index (χ2v) is 5.71. The van der Waals surface area contributed by atoms with Crippen LogP contribution in [0.3, 0.4) is 0 Å². The minimum Gasteiger partial charge on any atom is -0.316 e. The molecule has 3 rings (SSSR count). The van der Waals surface area contributed by atoms with Gasteiger partial charge in [0.25, 0.3) is 0 Å². The van der Waals surface area contributed by atoms with Crippen molar-refractivity contribution in [1.29, 1.82) is 0 Å². The summed E-state index contributed by atoms with van der Waals surface area (Å²) < 4.78 is 0. The van der Waals surface area contributed by atoms with E-state index in [9.17, 15) is 0 Å². The van der Waals surface area contributed by atoms with Crippen LogP contribution in [0.1, 0.15) is 32.1 Å². The van der Waals surface area contributed by atoms with E-state index in [-0.39, 0.29) is 0 Å². The molecule has 0 radical (unpaired) electrons. The summed E-state index contributed by atoms with van der Waals surface area (Å²) in [6.45, 7) is 6.70. The second-order valence-electron chi connectivity index (χ2n) is 5.71. The Morgan fingerprint density at radius 2 is 2.21 bits per heavy atom. The summed E-state index contributed by atoms with van der Waals surface area (Å²) in [4.78, 5) is 2.73. The third-order valence-electron chi connectivity index (χ3n) is 4.29. The molecule has 2 saturated heterocycles. The van der Waals surface area contributed by atoms with Gasteiger partial charge in [0.2, 0.25) is 0 Å². The summed E-state index contributed by atoms with van der Waals surface area (Å²) >= 11 is 0. The van der Waals surface area contributed by atoms with Crippen LogP contribution in [0, 0.1) is 11.3 Å². The molecule has 0 bridgehead atoms. The smallest absolute Gasteiger partial charge is 0.00507 e. The zero-order valence-corrected chi connectivity index (χ0v) is 9.10. The highest BCUT2D eigenvalue weighted by atomic mass is 15.2. The van der Waals surface area contributed by atoms with E-state index < -0.39 is 0 Å². The molecule has 0 aromatic rings. The van der Waals surface area contributed by atoms with Crippen molar-refractivity contribution in [2.24, 2.45) is 11.3 Å². The molecule has 1 spiro atoms. The van der Waals surface area contributed by atoms with Gasteiger partial charge in [0.15, 0.2) is 0 Å². The highest BCUT2D eigenvalue weighted by Crippen LogP contribution is 2.38. The third-order valence-corrected chi connectivity index (χ3v) is 4.29. The van der Waals surface area contributed by atoms with Gasteiger partial charge >= 0.3 is 0 Å².